The summed E-state index contributed by atoms with van der Waals surface area (Å²) in [6.45, 7) is 0.806. The second-order valence-corrected chi connectivity index (χ2v) is 6.18. The van der Waals surface area contributed by atoms with Crippen molar-refractivity contribution in [2.24, 2.45) is 0 Å². The zero-order valence-electron chi connectivity index (χ0n) is 12.6. The lowest BCUT2D eigenvalue weighted by molar-refractivity contribution is 0.0604. The lowest BCUT2D eigenvalue weighted by Gasteiger charge is -2.35. The predicted molar refractivity (Wildman–Crippen MR) is 82.5 cm³/mol. The van der Waals surface area contributed by atoms with Gasteiger partial charge in [0.05, 0.1) is 6.04 Å². The maximum atomic E-state index is 13.0. The molecule has 1 amide bonds. The molecule has 1 fully saturated rings. The van der Waals surface area contributed by atoms with Gasteiger partial charge in [-0.3, -0.25) is 14.9 Å². The SMILES string of the molecule is O=C(c1n[nH]c2c1CCC2)N1CCCC[C@@H]1c1cccnc1. The van der Waals surface area contributed by atoms with Crippen molar-refractivity contribution in [2.75, 3.05) is 6.54 Å². The molecule has 0 spiro atoms. The number of likely N-dealkylation sites (tertiary alicyclic amines) is 1. The Morgan fingerprint density at radius 3 is 3.09 bits per heavy atom. The molecular weight excluding hydrogens is 276 g/mol. The van der Waals surface area contributed by atoms with E-state index in [0.29, 0.717) is 5.69 Å². The number of aryl methyl sites for hydroxylation is 1. The zero-order valence-corrected chi connectivity index (χ0v) is 12.6. The van der Waals surface area contributed by atoms with E-state index in [2.05, 4.69) is 21.2 Å². The summed E-state index contributed by atoms with van der Waals surface area (Å²) in [5.74, 6) is 0.0768. The van der Waals surface area contributed by atoms with Gasteiger partial charge in [-0.25, -0.2) is 0 Å². The molecule has 0 bridgehead atoms. The fraction of sp³-hybridized carbons (Fsp3) is 0.471. The van der Waals surface area contributed by atoms with Crippen LogP contribution in [-0.2, 0) is 12.8 Å². The van der Waals surface area contributed by atoms with Gasteiger partial charge in [0.2, 0.25) is 0 Å². The van der Waals surface area contributed by atoms with Crippen LogP contribution in [0.1, 0.15) is 59.0 Å². The first-order valence-corrected chi connectivity index (χ1v) is 8.11. The highest BCUT2D eigenvalue weighted by Gasteiger charge is 2.32. The van der Waals surface area contributed by atoms with Gasteiger partial charge in [0.15, 0.2) is 5.69 Å². The monoisotopic (exact) mass is 296 g/mol. The average Bonchev–Trinajstić information content (AvgIpc) is 3.18. The van der Waals surface area contributed by atoms with E-state index < -0.39 is 0 Å². The van der Waals surface area contributed by atoms with Crippen LogP contribution in [0.25, 0.3) is 0 Å². The van der Waals surface area contributed by atoms with Crippen LogP contribution in [0.15, 0.2) is 24.5 Å². The summed E-state index contributed by atoms with van der Waals surface area (Å²) in [7, 11) is 0. The number of carbonyl (C=O) groups excluding carboxylic acids is 1. The molecule has 22 heavy (non-hydrogen) atoms. The van der Waals surface area contributed by atoms with Gasteiger partial charge in [-0.15, -0.1) is 0 Å². The van der Waals surface area contributed by atoms with Crippen molar-refractivity contribution in [1.29, 1.82) is 0 Å². The van der Waals surface area contributed by atoms with Crippen LogP contribution >= 0.6 is 0 Å². The molecular formula is C17H20N4O. The average molecular weight is 296 g/mol. The van der Waals surface area contributed by atoms with E-state index in [1.165, 1.54) is 0 Å². The highest BCUT2D eigenvalue weighted by atomic mass is 16.2. The van der Waals surface area contributed by atoms with E-state index in [4.69, 9.17) is 0 Å². The summed E-state index contributed by atoms with van der Waals surface area (Å²) >= 11 is 0. The van der Waals surface area contributed by atoms with Crippen LogP contribution < -0.4 is 0 Å². The minimum Gasteiger partial charge on any atom is -0.330 e. The van der Waals surface area contributed by atoms with Crippen molar-refractivity contribution < 1.29 is 4.79 Å². The maximum Gasteiger partial charge on any atom is 0.275 e. The number of carbonyl (C=O) groups is 1. The lowest BCUT2D eigenvalue weighted by Crippen LogP contribution is -2.39. The fourth-order valence-corrected chi connectivity index (χ4v) is 3.73. The van der Waals surface area contributed by atoms with Crippen molar-refractivity contribution in [3.8, 4) is 0 Å². The number of hydrogen-bond donors (Lipinski definition) is 1. The number of amides is 1. The third-order valence-corrected chi connectivity index (χ3v) is 4.84. The number of piperidine rings is 1. The van der Waals surface area contributed by atoms with E-state index in [9.17, 15) is 4.79 Å². The predicted octanol–water partition coefficient (Wildman–Crippen LogP) is 2.66. The molecule has 2 aliphatic rings. The first kappa shape index (κ1) is 13.5. The number of H-pyrrole nitrogens is 1. The standard InChI is InChI=1S/C17H20N4O/c22-17(16-13-6-3-7-14(13)19-20-16)21-10-2-1-8-15(21)12-5-4-9-18-11-12/h4-5,9,11,15H,1-3,6-8,10H2,(H,19,20)/t15-/m1/s1. The van der Waals surface area contributed by atoms with Crippen molar-refractivity contribution in [1.82, 2.24) is 20.1 Å². The Morgan fingerprint density at radius 2 is 2.23 bits per heavy atom. The number of nitrogens with one attached hydrogen (secondary N) is 1. The van der Waals surface area contributed by atoms with Gasteiger partial charge in [-0.1, -0.05) is 6.07 Å². The number of pyridine rings is 1. The first-order chi connectivity index (χ1) is 10.8. The van der Waals surface area contributed by atoms with Crippen molar-refractivity contribution in [2.45, 2.75) is 44.6 Å². The summed E-state index contributed by atoms with van der Waals surface area (Å²) in [4.78, 5) is 19.2. The molecule has 5 nitrogen and oxygen atoms in total. The van der Waals surface area contributed by atoms with E-state index in [1.807, 2.05) is 17.2 Å². The molecule has 1 atom stereocenters. The number of fused-ring (bicyclic) bond motifs is 1. The van der Waals surface area contributed by atoms with Gasteiger partial charge >= 0.3 is 0 Å². The van der Waals surface area contributed by atoms with Crippen LogP contribution in [0, 0.1) is 0 Å². The van der Waals surface area contributed by atoms with Crippen LogP contribution in [0.3, 0.4) is 0 Å². The normalized spacial score (nSPS) is 20.9. The second-order valence-electron chi connectivity index (χ2n) is 6.18. The molecule has 1 saturated heterocycles. The quantitative estimate of drug-likeness (QED) is 0.926. The molecule has 5 heteroatoms. The Bertz CT molecular complexity index is 679. The number of aromatic amines is 1. The minimum atomic E-state index is 0.0768. The molecule has 0 saturated carbocycles. The third-order valence-electron chi connectivity index (χ3n) is 4.84. The number of rotatable bonds is 2. The molecule has 1 aliphatic carbocycles. The van der Waals surface area contributed by atoms with Crippen molar-refractivity contribution in [3.63, 3.8) is 0 Å². The molecule has 114 valence electrons. The van der Waals surface area contributed by atoms with Crippen LogP contribution in [-0.4, -0.2) is 32.5 Å². The smallest absolute Gasteiger partial charge is 0.275 e. The zero-order chi connectivity index (χ0) is 14.9. The van der Waals surface area contributed by atoms with Gasteiger partial charge in [-0.05, 0) is 50.2 Å². The molecule has 4 rings (SSSR count). The van der Waals surface area contributed by atoms with Gasteiger partial charge in [0, 0.05) is 30.2 Å². The molecule has 0 aromatic carbocycles. The Kier molecular flexibility index (Phi) is 3.41. The van der Waals surface area contributed by atoms with E-state index in [1.54, 1.807) is 6.20 Å². The van der Waals surface area contributed by atoms with Gasteiger partial charge in [0.25, 0.3) is 5.91 Å². The first-order valence-electron chi connectivity index (χ1n) is 8.11. The molecule has 0 unspecified atom stereocenters. The Hall–Kier alpha value is -2.17. The highest BCUT2D eigenvalue weighted by Crippen LogP contribution is 2.33. The van der Waals surface area contributed by atoms with Gasteiger partial charge < -0.3 is 4.90 Å². The third kappa shape index (κ3) is 2.21. The van der Waals surface area contributed by atoms with Crippen LogP contribution in [0.4, 0.5) is 0 Å². The summed E-state index contributed by atoms with van der Waals surface area (Å²) in [5.41, 5.74) is 4.06. The highest BCUT2D eigenvalue weighted by molar-refractivity contribution is 5.94. The molecule has 0 radical (unpaired) electrons. The number of aromatic nitrogens is 3. The Balaban J connectivity index is 1.65. The van der Waals surface area contributed by atoms with Crippen LogP contribution in [0.5, 0.6) is 0 Å². The summed E-state index contributed by atoms with van der Waals surface area (Å²) < 4.78 is 0. The Labute approximate surface area is 129 Å². The number of nitrogens with zero attached hydrogens (tertiary/aromatic N) is 3. The molecule has 2 aromatic rings. The van der Waals surface area contributed by atoms with Crippen molar-refractivity contribution in [3.05, 3.63) is 47.0 Å². The van der Waals surface area contributed by atoms with Gasteiger partial charge in [0.1, 0.15) is 0 Å². The van der Waals surface area contributed by atoms with Crippen molar-refractivity contribution >= 4 is 5.91 Å². The lowest BCUT2D eigenvalue weighted by atomic mass is 9.95. The molecule has 1 aliphatic heterocycles. The summed E-state index contributed by atoms with van der Waals surface area (Å²) in [5, 5.41) is 7.36. The van der Waals surface area contributed by atoms with Gasteiger partial charge in [-0.2, -0.15) is 5.10 Å². The largest absolute Gasteiger partial charge is 0.330 e. The maximum absolute atomic E-state index is 13.0. The second kappa shape index (κ2) is 5.55. The van der Waals surface area contributed by atoms with E-state index >= 15 is 0 Å². The molecule has 2 aromatic heterocycles. The Morgan fingerprint density at radius 1 is 1.27 bits per heavy atom. The van der Waals surface area contributed by atoms with Crippen LogP contribution in [0.2, 0.25) is 0 Å². The van der Waals surface area contributed by atoms with E-state index in [0.717, 1.165) is 61.9 Å². The van der Waals surface area contributed by atoms with E-state index in [-0.39, 0.29) is 11.9 Å². The number of hydrogen-bond acceptors (Lipinski definition) is 3. The molecule has 1 N–H and O–H groups in total. The minimum absolute atomic E-state index is 0.0768. The molecule has 3 heterocycles. The fourth-order valence-electron chi connectivity index (χ4n) is 3.73. The topological polar surface area (TPSA) is 61.9 Å². The summed E-state index contributed by atoms with van der Waals surface area (Å²) in [6.07, 6.45) is 9.99. The summed E-state index contributed by atoms with van der Waals surface area (Å²) in [6, 6.07) is 4.14.